The predicted molar refractivity (Wildman–Crippen MR) is 54.8 cm³/mol. The molecule has 0 aliphatic heterocycles. The van der Waals surface area contributed by atoms with Gasteiger partial charge in [-0.15, -0.1) is 0 Å². The molecule has 0 N–H and O–H groups in total. The second-order valence-corrected chi connectivity index (χ2v) is 3.08. The van der Waals surface area contributed by atoms with Gasteiger partial charge in [-0.25, -0.2) is 9.78 Å². The maximum absolute atomic E-state index is 11.2. The summed E-state index contributed by atoms with van der Waals surface area (Å²) in [6.07, 6.45) is 1.43. The number of hydrogen-bond acceptors (Lipinski definition) is 4. The molecule has 4 nitrogen and oxygen atoms in total. The number of ether oxygens (including phenoxy) is 2. The first-order valence-electron chi connectivity index (χ1n) is 3.90. The van der Waals surface area contributed by atoms with Crippen molar-refractivity contribution in [3.63, 3.8) is 0 Å². The normalized spacial score (nSPS) is 9.64. The monoisotopic (exact) mass is 259 g/mol. The van der Waals surface area contributed by atoms with E-state index in [1.807, 2.05) is 0 Å². The van der Waals surface area contributed by atoms with Crippen LogP contribution in [0.4, 0.5) is 0 Å². The highest BCUT2D eigenvalue weighted by Gasteiger charge is 2.10. The van der Waals surface area contributed by atoms with Gasteiger partial charge in [-0.2, -0.15) is 0 Å². The quantitative estimate of drug-likeness (QED) is 0.613. The summed E-state index contributed by atoms with van der Waals surface area (Å²) in [6, 6.07) is 1.69. The van der Waals surface area contributed by atoms with E-state index in [2.05, 4.69) is 25.7 Å². The maximum atomic E-state index is 11.2. The van der Waals surface area contributed by atoms with Gasteiger partial charge in [0.15, 0.2) is 0 Å². The van der Waals surface area contributed by atoms with Crippen LogP contribution in [-0.4, -0.2) is 25.2 Å². The van der Waals surface area contributed by atoms with Crippen LogP contribution in [0.15, 0.2) is 12.3 Å². The standard InChI is InChI=1S/C9H10BrNO3/c1-13-8-6(4-10)3-7(5-11-8)9(12)14-2/h3,5H,4H2,1-2H3. The Bertz CT molecular complexity index is 341. The molecule has 0 saturated carbocycles. The van der Waals surface area contributed by atoms with Crippen LogP contribution in [0.2, 0.25) is 0 Å². The van der Waals surface area contributed by atoms with Crippen molar-refractivity contribution in [2.75, 3.05) is 14.2 Å². The molecule has 1 rings (SSSR count). The average molecular weight is 260 g/mol. The van der Waals surface area contributed by atoms with Gasteiger partial charge >= 0.3 is 5.97 Å². The summed E-state index contributed by atoms with van der Waals surface area (Å²) in [7, 11) is 2.87. The molecule has 1 aromatic rings. The summed E-state index contributed by atoms with van der Waals surface area (Å²) >= 11 is 3.28. The van der Waals surface area contributed by atoms with Crippen molar-refractivity contribution < 1.29 is 14.3 Å². The number of aromatic nitrogens is 1. The summed E-state index contributed by atoms with van der Waals surface area (Å²) < 4.78 is 9.59. The highest BCUT2D eigenvalue weighted by Crippen LogP contribution is 2.19. The molecule has 0 spiro atoms. The number of carbonyl (C=O) groups excluding carboxylic acids is 1. The zero-order valence-corrected chi connectivity index (χ0v) is 9.50. The highest BCUT2D eigenvalue weighted by molar-refractivity contribution is 9.08. The van der Waals surface area contributed by atoms with Gasteiger partial charge in [0.1, 0.15) is 0 Å². The van der Waals surface area contributed by atoms with Crippen molar-refractivity contribution in [1.82, 2.24) is 4.98 Å². The number of carbonyl (C=O) groups is 1. The summed E-state index contributed by atoms with van der Waals surface area (Å²) in [5, 5.41) is 0.577. The fourth-order valence-corrected chi connectivity index (χ4v) is 1.41. The van der Waals surface area contributed by atoms with Gasteiger partial charge in [-0.05, 0) is 6.07 Å². The van der Waals surface area contributed by atoms with E-state index in [1.165, 1.54) is 20.4 Å². The number of alkyl halides is 1. The van der Waals surface area contributed by atoms with E-state index in [-0.39, 0.29) is 0 Å². The SMILES string of the molecule is COC(=O)c1cnc(OC)c(CBr)c1. The fraction of sp³-hybridized carbons (Fsp3) is 0.333. The van der Waals surface area contributed by atoms with E-state index < -0.39 is 5.97 Å². The third kappa shape index (κ3) is 2.23. The first-order valence-corrected chi connectivity index (χ1v) is 5.02. The lowest BCUT2D eigenvalue weighted by Gasteiger charge is -2.05. The largest absolute Gasteiger partial charge is 0.481 e. The molecule has 0 radical (unpaired) electrons. The van der Waals surface area contributed by atoms with Crippen LogP contribution in [0.1, 0.15) is 15.9 Å². The van der Waals surface area contributed by atoms with E-state index in [9.17, 15) is 4.79 Å². The van der Waals surface area contributed by atoms with Gasteiger partial charge in [-0.3, -0.25) is 0 Å². The molecule has 1 heterocycles. The smallest absolute Gasteiger partial charge is 0.339 e. The lowest BCUT2D eigenvalue weighted by molar-refractivity contribution is 0.0600. The number of esters is 1. The third-order valence-electron chi connectivity index (χ3n) is 1.68. The summed E-state index contributed by atoms with van der Waals surface area (Å²) in [6.45, 7) is 0. The second kappa shape index (κ2) is 4.95. The molecule has 0 unspecified atom stereocenters. The Balaban J connectivity index is 3.07. The lowest BCUT2D eigenvalue weighted by atomic mass is 10.2. The first-order chi connectivity index (χ1) is 6.72. The molecule has 0 bridgehead atoms. The van der Waals surface area contributed by atoms with Gasteiger partial charge in [0.25, 0.3) is 0 Å². The predicted octanol–water partition coefficient (Wildman–Crippen LogP) is 1.77. The molecular weight excluding hydrogens is 250 g/mol. The topological polar surface area (TPSA) is 48.4 Å². The third-order valence-corrected chi connectivity index (χ3v) is 2.29. The van der Waals surface area contributed by atoms with Crippen LogP contribution in [0.3, 0.4) is 0 Å². The van der Waals surface area contributed by atoms with Gasteiger partial charge < -0.3 is 9.47 Å². The van der Waals surface area contributed by atoms with Crippen molar-refractivity contribution >= 4 is 21.9 Å². The van der Waals surface area contributed by atoms with Crippen LogP contribution in [0.5, 0.6) is 5.88 Å². The molecule has 0 aliphatic carbocycles. The number of nitrogens with zero attached hydrogens (tertiary/aromatic N) is 1. The number of hydrogen-bond donors (Lipinski definition) is 0. The Morgan fingerprint density at radius 2 is 2.29 bits per heavy atom. The zero-order valence-electron chi connectivity index (χ0n) is 7.91. The van der Waals surface area contributed by atoms with E-state index in [4.69, 9.17) is 4.74 Å². The molecule has 1 aromatic heterocycles. The van der Waals surface area contributed by atoms with Crippen molar-refractivity contribution in [2.45, 2.75) is 5.33 Å². The minimum Gasteiger partial charge on any atom is -0.481 e. The molecule has 0 atom stereocenters. The lowest BCUT2D eigenvalue weighted by Crippen LogP contribution is -2.04. The van der Waals surface area contributed by atoms with Gasteiger partial charge in [0, 0.05) is 17.1 Å². The van der Waals surface area contributed by atoms with E-state index in [0.29, 0.717) is 16.8 Å². The Morgan fingerprint density at radius 3 is 2.79 bits per heavy atom. The maximum Gasteiger partial charge on any atom is 0.339 e. The summed E-state index contributed by atoms with van der Waals surface area (Å²) in [4.78, 5) is 15.1. The van der Waals surface area contributed by atoms with Crippen LogP contribution in [-0.2, 0) is 10.1 Å². The summed E-state index contributed by atoms with van der Waals surface area (Å²) in [5.41, 5.74) is 1.23. The van der Waals surface area contributed by atoms with Gasteiger partial charge in [0.2, 0.25) is 5.88 Å². The molecule has 0 amide bonds. The van der Waals surface area contributed by atoms with Crippen molar-refractivity contribution in [3.8, 4) is 5.88 Å². The fourth-order valence-electron chi connectivity index (χ4n) is 1.01. The minimum absolute atomic E-state index is 0.401. The number of halogens is 1. The van der Waals surface area contributed by atoms with Crippen LogP contribution in [0, 0.1) is 0 Å². The molecule has 76 valence electrons. The molecule has 0 saturated heterocycles. The van der Waals surface area contributed by atoms with E-state index in [0.717, 1.165) is 5.56 Å². The second-order valence-electron chi connectivity index (χ2n) is 2.52. The number of pyridine rings is 1. The van der Waals surface area contributed by atoms with E-state index >= 15 is 0 Å². The molecular formula is C9H10BrNO3. The number of rotatable bonds is 3. The Labute approximate surface area is 90.4 Å². The molecule has 0 aromatic carbocycles. The Morgan fingerprint density at radius 1 is 1.57 bits per heavy atom. The average Bonchev–Trinajstić information content (AvgIpc) is 2.26. The Hall–Kier alpha value is -1.10. The highest BCUT2D eigenvalue weighted by atomic mass is 79.9. The van der Waals surface area contributed by atoms with Gasteiger partial charge in [0.05, 0.1) is 19.8 Å². The molecule has 0 fully saturated rings. The van der Waals surface area contributed by atoms with Gasteiger partial charge in [-0.1, -0.05) is 15.9 Å². The van der Waals surface area contributed by atoms with Crippen LogP contribution < -0.4 is 4.74 Å². The molecule has 0 aliphatic rings. The Kier molecular flexibility index (Phi) is 3.88. The van der Waals surface area contributed by atoms with E-state index in [1.54, 1.807) is 6.07 Å². The summed E-state index contributed by atoms with van der Waals surface area (Å²) in [5.74, 6) is 0.108. The first kappa shape index (κ1) is 11.0. The molecule has 5 heteroatoms. The van der Waals surface area contributed by atoms with Crippen LogP contribution >= 0.6 is 15.9 Å². The number of methoxy groups -OCH3 is 2. The van der Waals surface area contributed by atoms with Crippen molar-refractivity contribution in [3.05, 3.63) is 23.4 Å². The molecule has 14 heavy (non-hydrogen) atoms. The van der Waals surface area contributed by atoms with Crippen molar-refractivity contribution in [1.29, 1.82) is 0 Å². The van der Waals surface area contributed by atoms with Crippen LogP contribution in [0.25, 0.3) is 0 Å². The van der Waals surface area contributed by atoms with Crippen molar-refractivity contribution in [2.24, 2.45) is 0 Å². The zero-order chi connectivity index (χ0) is 10.6. The minimum atomic E-state index is -0.401.